The standard InChI is InChI=1S/C50H106N3O4P/c1-7-12-15-18-21-24-27-30-33-36-44-52(45-37-34-31-28-25-22-19-16-13-8-2)47-39-42-51(6)43-40-48-53(46-38-35-32-29-26-23-20-17-14-9-3)49-41-50-57-58(54,55-10-4)56-11-5/h7-50H2,1-6H3. The van der Waals surface area contributed by atoms with Crippen LogP contribution in [0.4, 0.5) is 0 Å². The second kappa shape index (κ2) is 46.5. The Morgan fingerprint density at radius 2 is 0.569 bits per heavy atom. The highest BCUT2D eigenvalue weighted by Crippen LogP contribution is 2.49. The Hall–Kier alpha value is -0.0100. The SMILES string of the molecule is CCCCCCCCCCCCN(CCCCCCCCCCCC)CCCN(C)CCCN(CCCCCCCCCCCC)CCCOP(=O)(OCC)OCC. The van der Waals surface area contributed by atoms with Crippen molar-refractivity contribution < 1.29 is 18.1 Å². The molecular formula is C50H106N3O4P. The minimum absolute atomic E-state index is 0.326. The van der Waals surface area contributed by atoms with Crippen LogP contribution in [-0.4, -0.2) is 93.9 Å². The molecule has 0 amide bonds. The molecule has 0 saturated heterocycles. The van der Waals surface area contributed by atoms with Crippen LogP contribution in [0.3, 0.4) is 0 Å². The molecule has 0 aliphatic rings. The Morgan fingerprint density at radius 1 is 0.310 bits per heavy atom. The summed E-state index contributed by atoms with van der Waals surface area (Å²) in [6.07, 6.45) is 45.3. The van der Waals surface area contributed by atoms with Crippen molar-refractivity contribution in [2.75, 3.05) is 79.2 Å². The molecule has 0 aliphatic heterocycles. The van der Waals surface area contributed by atoms with Gasteiger partial charge in [0.25, 0.3) is 0 Å². The van der Waals surface area contributed by atoms with E-state index in [9.17, 15) is 4.57 Å². The summed E-state index contributed by atoms with van der Waals surface area (Å²) in [7, 11) is -1.11. The van der Waals surface area contributed by atoms with Gasteiger partial charge in [0.2, 0.25) is 0 Å². The van der Waals surface area contributed by atoms with E-state index in [4.69, 9.17) is 13.6 Å². The van der Waals surface area contributed by atoms with Gasteiger partial charge < -0.3 is 14.7 Å². The Kier molecular flexibility index (Phi) is 46.5. The molecule has 0 aliphatic carbocycles. The van der Waals surface area contributed by atoms with Gasteiger partial charge >= 0.3 is 7.82 Å². The second-order valence-electron chi connectivity index (χ2n) is 17.7. The lowest BCUT2D eigenvalue weighted by molar-refractivity contribution is 0.116. The highest BCUT2D eigenvalue weighted by Gasteiger charge is 2.25. The van der Waals surface area contributed by atoms with Gasteiger partial charge in [-0.15, -0.1) is 0 Å². The maximum atomic E-state index is 12.8. The van der Waals surface area contributed by atoms with Gasteiger partial charge in [0, 0.05) is 6.54 Å². The molecule has 0 N–H and O–H groups in total. The monoisotopic (exact) mass is 844 g/mol. The van der Waals surface area contributed by atoms with E-state index in [1.54, 1.807) is 0 Å². The average molecular weight is 844 g/mol. The fraction of sp³-hybridized carbons (Fsp3) is 1.00. The summed E-state index contributed by atoms with van der Waals surface area (Å²) in [6, 6.07) is 0. The smallest absolute Gasteiger partial charge is 0.306 e. The lowest BCUT2D eigenvalue weighted by Gasteiger charge is -2.26. The lowest BCUT2D eigenvalue weighted by Crippen LogP contribution is -2.32. The third-order valence-corrected chi connectivity index (χ3v) is 13.6. The fourth-order valence-corrected chi connectivity index (χ4v) is 9.48. The van der Waals surface area contributed by atoms with Crippen LogP contribution in [0.2, 0.25) is 0 Å². The maximum Gasteiger partial charge on any atom is 0.474 e. The normalized spacial score (nSPS) is 12.3. The van der Waals surface area contributed by atoms with Crippen LogP contribution >= 0.6 is 7.82 Å². The number of nitrogens with zero attached hydrogens (tertiary/aromatic N) is 3. The summed E-state index contributed by atoms with van der Waals surface area (Å²) in [5, 5.41) is 0. The zero-order chi connectivity index (χ0) is 42.5. The molecule has 0 radical (unpaired) electrons. The van der Waals surface area contributed by atoms with Gasteiger partial charge in [-0.2, -0.15) is 0 Å². The summed E-state index contributed by atoms with van der Waals surface area (Å²) in [6.45, 7) is 21.0. The summed E-state index contributed by atoms with van der Waals surface area (Å²) < 4.78 is 29.1. The largest absolute Gasteiger partial charge is 0.474 e. The lowest BCUT2D eigenvalue weighted by atomic mass is 10.1. The third kappa shape index (κ3) is 41.3. The maximum absolute atomic E-state index is 12.8. The Bertz CT molecular complexity index is 803. The van der Waals surface area contributed by atoms with Crippen LogP contribution in [0.5, 0.6) is 0 Å². The molecular weight excluding hydrogens is 738 g/mol. The molecule has 0 saturated carbocycles. The van der Waals surface area contributed by atoms with E-state index in [2.05, 4.69) is 42.5 Å². The van der Waals surface area contributed by atoms with Crippen LogP contribution in [0.15, 0.2) is 0 Å². The van der Waals surface area contributed by atoms with Crippen LogP contribution in [0.25, 0.3) is 0 Å². The topological polar surface area (TPSA) is 54.5 Å². The quantitative estimate of drug-likeness (QED) is 0.0447. The van der Waals surface area contributed by atoms with Crippen molar-refractivity contribution in [2.45, 2.75) is 247 Å². The van der Waals surface area contributed by atoms with Crippen molar-refractivity contribution in [3.05, 3.63) is 0 Å². The minimum Gasteiger partial charge on any atom is -0.306 e. The first-order valence-electron chi connectivity index (χ1n) is 26.1. The molecule has 0 rings (SSSR count). The number of hydrogen-bond donors (Lipinski definition) is 0. The number of unbranched alkanes of at least 4 members (excludes halogenated alkanes) is 27. The number of hydrogen-bond acceptors (Lipinski definition) is 7. The van der Waals surface area contributed by atoms with Crippen LogP contribution in [-0.2, 0) is 18.1 Å². The summed E-state index contributed by atoms with van der Waals surface area (Å²) in [5.41, 5.74) is 0. The first-order valence-corrected chi connectivity index (χ1v) is 27.6. The molecule has 8 heteroatoms. The molecule has 0 fully saturated rings. The van der Waals surface area contributed by atoms with Crippen molar-refractivity contribution in [1.82, 2.24) is 14.7 Å². The van der Waals surface area contributed by atoms with Crippen LogP contribution < -0.4 is 0 Å². The van der Waals surface area contributed by atoms with Crippen molar-refractivity contribution in [2.24, 2.45) is 0 Å². The number of phosphoric acid groups is 1. The second-order valence-corrected chi connectivity index (χ2v) is 19.4. The van der Waals surface area contributed by atoms with Gasteiger partial charge in [-0.25, -0.2) is 4.57 Å². The van der Waals surface area contributed by atoms with Crippen molar-refractivity contribution in [1.29, 1.82) is 0 Å². The van der Waals surface area contributed by atoms with Crippen LogP contribution in [0.1, 0.15) is 247 Å². The van der Waals surface area contributed by atoms with Crippen molar-refractivity contribution in [3.8, 4) is 0 Å². The molecule has 0 heterocycles. The van der Waals surface area contributed by atoms with E-state index in [0.29, 0.717) is 19.8 Å². The van der Waals surface area contributed by atoms with Crippen molar-refractivity contribution >= 4 is 7.82 Å². The predicted octanol–water partition coefficient (Wildman–Crippen LogP) is 15.7. The van der Waals surface area contributed by atoms with E-state index in [1.165, 1.54) is 232 Å². The molecule has 0 atom stereocenters. The molecule has 0 bridgehead atoms. The molecule has 7 nitrogen and oxygen atoms in total. The highest BCUT2D eigenvalue weighted by atomic mass is 31.2. The van der Waals surface area contributed by atoms with E-state index < -0.39 is 7.82 Å². The molecule has 58 heavy (non-hydrogen) atoms. The first-order chi connectivity index (χ1) is 28.4. The molecule has 0 unspecified atom stereocenters. The predicted molar refractivity (Wildman–Crippen MR) is 257 cm³/mol. The molecule has 0 aromatic rings. The first kappa shape index (κ1) is 58.0. The molecule has 350 valence electrons. The van der Waals surface area contributed by atoms with Gasteiger partial charge in [-0.05, 0) is 105 Å². The van der Waals surface area contributed by atoms with Crippen LogP contribution in [0, 0.1) is 0 Å². The van der Waals surface area contributed by atoms with Gasteiger partial charge in [0.05, 0.1) is 19.8 Å². The molecule has 0 spiro atoms. The number of phosphoric ester groups is 1. The Balaban J connectivity index is 4.72. The van der Waals surface area contributed by atoms with Gasteiger partial charge in [-0.3, -0.25) is 13.6 Å². The zero-order valence-electron chi connectivity index (χ0n) is 40.5. The summed E-state index contributed by atoms with van der Waals surface area (Å²) >= 11 is 0. The third-order valence-electron chi connectivity index (χ3n) is 12.0. The van der Waals surface area contributed by atoms with Gasteiger partial charge in [0.1, 0.15) is 0 Å². The Morgan fingerprint density at radius 3 is 0.862 bits per heavy atom. The molecule has 0 aromatic carbocycles. The zero-order valence-corrected chi connectivity index (χ0v) is 41.4. The van der Waals surface area contributed by atoms with Gasteiger partial charge in [0.15, 0.2) is 0 Å². The minimum atomic E-state index is -3.44. The Labute approximate surface area is 365 Å². The van der Waals surface area contributed by atoms with E-state index in [0.717, 1.165) is 32.6 Å². The van der Waals surface area contributed by atoms with E-state index >= 15 is 0 Å². The highest BCUT2D eigenvalue weighted by molar-refractivity contribution is 7.48. The fourth-order valence-electron chi connectivity index (χ4n) is 8.27. The van der Waals surface area contributed by atoms with Gasteiger partial charge in [-0.1, -0.05) is 194 Å². The van der Waals surface area contributed by atoms with Crippen molar-refractivity contribution in [3.63, 3.8) is 0 Å². The molecule has 0 aromatic heterocycles. The average Bonchev–Trinajstić information content (AvgIpc) is 3.21. The van der Waals surface area contributed by atoms with E-state index in [1.807, 2.05) is 13.8 Å². The summed E-state index contributed by atoms with van der Waals surface area (Å²) in [5.74, 6) is 0. The van der Waals surface area contributed by atoms with E-state index in [-0.39, 0.29) is 0 Å². The number of rotatable bonds is 50. The summed E-state index contributed by atoms with van der Waals surface area (Å²) in [4.78, 5) is 8.01.